The zero-order chi connectivity index (χ0) is 9.61. The van der Waals surface area contributed by atoms with E-state index in [1.54, 1.807) is 0 Å². The van der Waals surface area contributed by atoms with E-state index < -0.39 is 0 Å². The second-order valence-corrected chi connectivity index (χ2v) is 3.88. The van der Waals surface area contributed by atoms with Crippen molar-refractivity contribution < 1.29 is 4.79 Å². The highest BCUT2D eigenvalue weighted by Crippen LogP contribution is 1.97. The minimum absolute atomic E-state index is 0.104. The van der Waals surface area contributed by atoms with E-state index in [4.69, 9.17) is 0 Å². The molecule has 0 radical (unpaired) electrons. The molecule has 0 aromatic rings. The molecule has 72 valence electrons. The molecule has 12 heavy (non-hydrogen) atoms. The van der Waals surface area contributed by atoms with Gasteiger partial charge in [-0.2, -0.15) is 0 Å². The number of rotatable bonds is 4. The largest absolute Gasteiger partial charge is 0.356 e. The van der Waals surface area contributed by atoms with Gasteiger partial charge in [-0.25, -0.2) is 0 Å². The van der Waals surface area contributed by atoms with Crippen molar-refractivity contribution in [2.75, 3.05) is 13.1 Å². The molecule has 0 aliphatic rings. The van der Waals surface area contributed by atoms with E-state index in [1.165, 1.54) is 0 Å². The van der Waals surface area contributed by atoms with Crippen LogP contribution in [0, 0.1) is 0 Å². The molecular weight excluding hydrogens is 152 g/mol. The number of hydrogen-bond donors (Lipinski definition) is 2. The predicted octanol–water partition coefficient (Wildman–Crippen LogP) is 0.901. The highest BCUT2D eigenvalue weighted by molar-refractivity contribution is 5.75. The molecule has 0 aromatic carbocycles. The normalized spacial score (nSPS) is 11.3. The lowest BCUT2D eigenvalue weighted by Gasteiger charge is -2.20. The molecular formula is C9H20N2O. The van der Waals surface area contributed by atoms with E-state index in [1.807, 2.05) is 6.92 Å². The molecule has 0 saturated heterocycles. The van der Waals surface area contributed by atoms with E-state index in [0.29, 0.717) is 13.0 Å². The Morgan fingerprint density at radius 2 is 1.92 bits per heavy atom. The number of carbonyl (C=O) groups is 1. The highest BCUT2D eigenvalue weighted by Gasteiger charge is 2.08. The Morgan fingerprint density at radius 3 is 2.33 bits per heavy atom. The fraction of sp³-hybridized carbons (Fsp3) is 0.889. The van der Waals surface area contributed by atoms with E-state index in [9.17, 15) is 4.79 Å². The van der Waals surface area contributed by atoms with E-state index in [0.717, 1.165) is 6.54 Å². The van der Waals surface area contributed by atoms with Gasteiger partial charge >= 0.3 is 0 Å². The van der Waals surface area contributed by atoms with Gasteiger partial charge in [0, 0.05) is 25.0 Å². The van der Waals surface area contributed by atoms with Crippen LogP contribution in [-0.4, -0.2) is 24.5 Å². The summed E-state index contributed by atoms with van der Waals surface area (Å²) in [6, 6.07) is 0. The average molecular weight is 172 g/mol. The van der Waals surface area contributed by atoms with Gasteiger partial charge in [0.2, 0.25) is 5.91 Å². The van der Waals surface area contributed by atoms with Crippen LogP contribution in [0.1, 0.15) is 34.1 Å². The van der Waals surface area contributed by atoms with Crippen LogP contribution in [0.4, 0.5) is 0 Å². The molecule has 3 heteroatoms. The third-order valence-corrected chi connectivity index (χ3v) is 1.38. The number of nitrogens with one attached hydrogen (secondary N) is 2. The lowest BCUT2D eigenvalue weighted by atomic mass is 10.1. The van der Waals surface area contributed by atoms with Crippen LogP contribution in [0.15, 0.2) is 0 Å². The van der Waals surface area contributed by atoms with Gasteiger partial charge in [-0.1, -0.05) is 0 Å². The minimum Gasteiger partial charge on any atom is -0.356 e. The van der Waals surface area contributed by atoms with Gasteiger partial charge in [0.05, 0.1) is 0 Å². The summed E-state index contributed by atoms with van der Waals surface area (Å²) in [6.45, 7) is 9.65. The first kappa shape index (κ1) is 11.4. The van der Waals surface area contributed by atoms with Crippen LogP contribution in [-0.2, 0) is 4.79 Å². The molecule has 0 rings (SSSR count). The quantitative estimate of drug-likeness (QED) is 0.661. The predicted molar refractivity (Wildman–Crippen MR) is 51.1 cm³/mol. The molecule has 0 heterocycles. The summed E-state index contributed by atoms with van der Waals surface area (Å²) in [5, 5.41) is 6.00. The molecule has 0 saturated carbocycles. The van der Waals surface area contributed by atoms with Gasteiger partial charge in [0.25, 0.3) is 0 Å². The molecule has 0 unspecified atom stereocenters. The first-order valence-corrected chi connectivity index (χ1v) is 4.47. The van der Waals surface area contributed by atoms with Crippen molar-refractivity contribution in [2.45, 2.75) is 39.7 Å². The Hall–Kier alpha value is -0.570. The van der Waals surface area contributed by atoms with Crippen molar-refractivity contribution in [3.05, 3.63) is 0 Å². The summed E-state index contributed by atoms with van der Waals surface area (Å²) in [5.74, 6) is 0.120. The number of amides is 1. The molecule has 3 nitrogen and oxygen atoms in total. The van der Waals surface area contributed by atoms with Crippen LogP contribution in [0.5, 0.6) is 0 Å². The van der Waals surface area contributed by atoms with Gasteiger partial charge in [-0.3, -0.25) is 4.79 Å². The maximum absolute atomic E-state index is 11.0. The molecule has 0 aliphatic carbocycles. The molecule has 0 spiro atoms. The molecule has 0 aromatic heterocycles. The van der Waals surface area contributed by atoms with E-state index in [-0.39, 0.29) is 11.4 Å². The standard InChI is InChI=1S/C9H20N2O/c1-5-10-8(12)6-7-11-9(2,3)4/h11H,5-7H2,1-4H3,(H,10,12). The van der Waals surface area contributed by atoms with Gasteiger partial charge in [-0.05, 0) is 27.7 Å². The van der Waals surface area contributed by atoms with Crippen molar-refractivity contribution in [3.63, 3.8) is 0 Å². The van der Waals surface area contributed by atoms with Gasteiger partial charge in [0.15, 0.2) is 0 Å². The first-order chi connectivity index (χ1) is 5.45. The van der Waals surface area contributed by atoms with Crippen LogP contribution in [0.25, 0.3) is 0 Å². The maximum Gasteiger partial charge on any atom is 0.221 e. The Balaban J connectivity index is 3.37. The number of carbonyl (C=O) groups excluding carboxylic acids is 1. The van der Waals surface area contributed by atoms with Gasteiger partial charge in [0.1, 0.15) is 0 Å². The Morgan fingerprint density at radius 1 is 1.33 bits per heavy atom. The van der Waals surface area contributed by atoms with Crippen molar-refractivity contribution >= 4 is 5.91 Å². The highest BCUT2D eigenvalue weighted by atomic mass is 16.1. The van der Waals surface area contributed by atoms with Crippen LogP contribution in [0.2, 0.25) is 0 Å². The fourth-order valence-electron chi connectivity index (χ4n) is 0.837. The number of hydrogen-bond acceptors (Lipinski definition) is 2. The second kappa shape index (κ2) is 5.14. The summed E-state index contributed by atoms with van der Waals surface area (Å²) < 4.78 is 0. The van der Waals surface area contributed by atoms with Crippen LogP contribution in [0.3, 0.4) is 0 Å². The molecule has 0 aliphatic heterocycles. The summed E-state index contributed by atoms with van der Waals surface area (Å²) in [4.78, 5) is 11.0. The van der Waals surface area contributed by atoms with Gasteiger partial charge in [-0.15, -0.1) is 0 Å². The topological polar surface area (TPSA) is 41.1 Å². The molecule has 1 amide bonds. The Kier molecular flexibility index (Phi) is 4.90. The van der Waals surface area contributed by atoms with Crippen molar-refractivity contribution in [2.24, 2.45) is 0 Å². The zero-order valence-corrected chi connectivity index (χ0v) is 8.53. The SMILES string of the molecule is CCNC(=O)CCNC(C)(C)C. The Bertz CT molecular complexity index is 138. The summed E-state index contributed by atoms with van der Waals surface area (Å²) in [5.41, 5.74) is 0.104. The van der Waals surface area contributed by atoms with Crippen LogP contribution >= 0.6 is 0 Å². The van der Waals surface area contributed by atoms with Crippen molar-refractivity contribution in [1.29, 1.82) is 0 Å². The van der Waals surface area contributed by atoms with E-state index >= 15 is 0 Å². The summed E-state index contributed by atoms with van der Waals surface area (Å²) in [6.07, 6.45) is 0.561. The summed E-state index contributed by atoms with van der Waals surface area (Å²) >= 11 is 0. The summed E-state index contributed by atoms with van der Waals surface area (Å²) in [7, 11) is 0. The monoisotopic (exact) mass is 172 g/mol. The second-order valence-electron chi connectivity index (χ2n) is 3.88. The smallest absolute Gasteiger partial charge is 0.221 e. The van der Waals surface area contributed by atoms with Crippen molar-refractivity contribution in [3.8, 4) is 0 Å². The zero-order valence-electron chi connectivity index (χ0n) is 8.53. The Labute approximate surface area is 74.9 Å². The van der Waals surface area contributed by atoms with Crippen molar-refractivity contribution in [1.82, 2.24) is 10.6 Å². The lowest BCUT2D eigenvalue weighted by Crippen LogP contribution is -2.38. The molecule has 0 fully saturated rings. The first-order valence-electron chi connectivity index (χ1n) is 4.47. The fourth-order valence-corrected chi connectivity index (χ4v) is 0.837. The maximum atomic E-state index is 11.0. The van der Waals surface area contributed by atoms with Crippen LogP contribution < -0.4 is 10.6 Å². The minimum atomic E-state index is 0.104. The molecule has 0 bridgehead atoms. The third-order valence-electron chi connectivity index (χ3n) is 1.38. The molecule has 0 atom stereocenters. The molecule has 2 N–H and O–H groups in total. The van der Waals surface area contributed by atoms with Gasteiger partial charge < -0.3 is 10.6 Å². The lowest BCUT2D eigenvalue weighted by molar-refractivity contribution is -0.120. The van der Waals surface area contributed by atoms with E-state index in [2.05, 4.69) is 31.4 Å². The third kappa shape index (κ3) is 7.54. The average Bonchev–Trinajstić information content (AvgIpc) is 1.84.